The Kier molecular flexibility index (Phi) is 5.68. The largest absolute Gasteiger partial charge is 0.338 e. The molecule has 3 aromatic carbocycles. The number of benzene rings is 3. The molecule has 0 spiro atoms. The van der Waals surface area contributed by atoms with Crippen molar-refractivity contribution in [2.24, 2.45) is 0 Å². The maximum absolute atomic E-state index is 13.7. The van der Waals surface area contributed by atoms with E-state index in [0.717, 1.165) is 52.8 Å². The molecule has 3 heterocycles. The molecule has 6 rings (SSSR count). The Balaban J connectivity index is 1.40. The summed E-state index contributed by atoms with van der Waals surface area (Å²) < 4.78 is 2.03. The van der Waals surface area contributed by atoms with Crippen molar-refractivity contribution in [3.8, 4) is 0 Å². The molecule has 1 unspecified atom stereocenters. The van der Waals surface area contributed by atoms with Gasteiger partial charge in [-0.3, -0.25) is 14.5 Å². The van der Waals surface area contributed by atoms with Crippen LogP contribution in [0, 0.1) is 0 Å². The summed E-state index contributed by atoms with van der Waals surface area (Å²) in [5.74, 6) is 0.108. The molecular weight excluding hydrogens is 446 g/mol. The number of fused-ring (bicyclic) bond motifs is 2. The maximum atomic E-state index is 13.7. The van der Waals surface area contributed by atoms with E-state index in [0.29, 0.717) is 12.1 Å². The quantitative estimate of drug-likeness (QED) is 0.327. The van der Waals surface area contributed by atoms with Gasteiger partial charge in [-0.2, -0.15) is 0 Å². The van der Waals surface area contributed by atoms with Gasteiger partial charge in [0, 0.05) is 46.5 Å². The molecule has 2 aliphatic rings. The van der Waals surface area contributed by atoms with Crippen LogP contribution < -0.4 is 4.90 Å². The lowest BCUT2D eigenvalue weighted by Crippen LogP contribution is -2.43. The van der Waals surface area contributed by atoms with Crippen LogP contribution in [-0.2, 0) is 16.1 Å². The van der Waals surface area contributed by atoms with Crippen LogP contribution in [0.2, 0.25) is 0 Å². The Hall–Kier alpha value is -4.12. The van der Waals surface area contributed by atoms with Crippen LogP contribution in [0.5, 0.6) is 0 Å². The van der Waals surface area contributed by atoms with Crippen molar-refractivity contribution in [2.75, 3.05) is 11.4 Å². The van der Waals surface area contributed by atoms with E-state index in [9.17, 15) is 9.59 Å². The van der Waals surface area contributed by atoms with E-state index in [1.807, 2.05) is 94.5 Å². The minimum absolute atomic E-state index is 0.0440. The molecule has 2 amide bonds. The molecule has 180 valence electrons. The highest BCUT2D eigenvalue weighted by atomic mass is 16.2. The zero-order valence-electron chi connectivity index (χ0n) is 20.4. The molecule has 5 nitrogen and oxygen atoms in total. The normalized spacial score (nSPS) is 18.8. The number of carbonyl (C=O) groups is 2. The molecular formula is C31H29N3O2. The molecule has 5 heteroatoms. The molecule has 0 N–H and O–H groups in total. The summed E-state index contributed by atoms with van der Waals surface area (Å²) in [6.07, 6.45) is 7.32. The second kappa shape index (κ2) is 9.15. The lowest BCUT2D eigenvalue weighted by molar-refractivity contribution is -0.135. The molecule has 0 aliphatic carbocycles. The fraction of sp³-hybridized carbons (Fsp3) is 0.226. The van der Waals surface area contributed by atoms with Gasteiger partial charge in [0.2, 0.25) is 5.91 Å². The van der Waals surface area contributed by atoms with Gasteiger partial charge in [-0.1, -0.05) is 54.6 Å². The summed E-state index contributed by atoms with van der Waals surface area (Å²) >= 11 is 0. The molecule has 0 saturated carbocycles. The minimum Gasteiger partial charge on any atom is -0.338 e. The molecule has 2 aliphatic heterocycles. The summed E-state index contributed by atoms with van der Waals surface area (Å²) in [5, 5.41) is 1.04. The van der Waals surface area contributed by atoms with Gasteiger partial charge in [0.05, 0.1) is 11.3 Å². The van der Waals surface area contributed by atoms with E-state index in [-0.39, 0.29) is 17.9 Å². The van der Waals surface area contributed by atoms with Crippen LogP contribution in [0.1, 0.15) is 37.3 Å². The first kappa shape index (κ1) is 22.4. The first-order valence-corrected chi connectivity index (χ1v) is 12.7. The number of anilines is 2. The highest BCUT2D eigenvalue weighted by Crippen LogP contribution is 2.42. The zero-order chi connectivity index (χ0) is 24.6. The summed E-state index contributed by atoms with van der Waals surface area (Å²) in [6, 6.07) is 26.1. The topological polar surface area (TPSA) is 45.6 Å². The van der Waals surface area contributed by atoms with E-state index < -0.39 is 0 Å². The Morgan fingerprint density at radius 2 is 1.69 bits per heavy atom. The summed E-state index contributed by atoms with van der Waals surface area (Å²) in [4.78, 5) is 30.7. The zero-order valence-corrected chi connectivity index (χ0v) is 20.4. The predicted octanol–water partition coefficient (Wildman–Crippen LogP) is 6.26. The smallest absolute Gasteiger partial charge is 0.263 e. The van der Waals surface area contributed by atoms with Gasteiger partial charge in [0.1, 0.15) is 6.54 Å². The SMILES string of the molecule is CC1CCCCN1C(=O)Cn1cc(C=C2C(=O)N(c3ccccc3)c3ccccc32)c2ccccc21. The predicted molar refractivity (Wildman–Crippen MR) is 145 cm³/mol. The van der Waals surface area contributed by atoms with Crippen molar-refractivity contribution >= 4 is 45.7 Å². The van der Waals surface area contributed by atoms with Crippen LogP contribution in [0.15, 0.2) is 85.1 Å². The molecule has 1 fully saturated rings. The van der Waals surface area contributed by atoms with Crippen molar-refractivity contribution in [3.05, 3.63) is 96.2 Å². The highest BCUT2D eigenvalue weighted by molar-refractivity contribution is 6.38. The van der Waals surface area contributed by atoms with Crippen LogP contribution >= 0.6 is 0 Å². The number of likely N-dealkylation sites (tertiary alicyclic amines) is 1. The Labute approximate surface area is 211 Å². The monoisotopic (exact) mass is 475 g/mol. The second-order valence-corrected chi connectivity index (χ2v) is 9.71. The Morgan fingerprint density at radius 3 is 2.53 bits per heavy atom. The number of hydrogen-bond acceptors (Lipinski definition) is 2. The lowest BCUT2D eigenvalue weighted by Gasteiger charge is -2.33. The van der Waals surface area contributed by atoms with Gasteiger partial charge in [0.25, 0.3) is 5.91 Å². The third-order valence-corrected chi connectivity index (χ3v) is 7.43. The summed E-state index contributed by atoms with van der Waals surface area (Å²) in [7, 11) is 0. The van der Waals surface area contributed by atoms with Crippen LogP contribution in [-0.4, -0.2) is 33.9 Å². The highest BCUT2D eigenvalue weighted by Gasteiger charge is 2.33. The van der Waals surface area contributed by atoms with Crippen LogP contribution in [0.3, 0.4) is 0 Å². The van der Waals surface area contributed by atoms with Crippen molar-refractivity contribution in [1.82, 2.24) is 9.47 Å². The molecule has 0 bridgehead atoms. The fourth-order valence-corrected chi connectivity index (χ4v) is 5.60. The average Bonchev–Trinajstić information content (AvgIpc) is 3.39. The Morgan fingerprint density at radius 1 is 0.944 bits per heavy atom. The second-order valence-electron chi connectivity index (χ2n) is 9.71. The number of piperidine rings is 1. The standard InChI is InChI=1S/C31H29N3O2/c1-22-11-9-10-18-33(22)30(35)21-32-20-23(25-14-5-7-16-28(25)32)19-27-26-15-6-8-17-29(26)34(31(27)36)24-12-3-2-4-13-24/h2-8,12-17,19-20,22H,9-11,18,21H2,1H3. The molecule has 36 heavy (non-hydrogen) atoms. The summed E-state index contributed by atoms with van der Waals surface area (Å²) in [6.45, 7) is 3.27. The Bertz CT molecular complexity index is 1480. The number of para-hydroxylation sites is 3. The van der Waals surface area contributed by atoms with Gasteiger partial charge < -0.3 is 9.47 Å². The molecule has 4 aromatic rings. The fourth-order valence-electron chi connectivity index (χ4n) is 5.60. The molecule has 1 aromatic heterocycles. The number of amides is 2. The van der Waals surface area contributed by atoms with E-state index >= 15 is 0 Å². The summed E-state index contributed by atoms with van der Waals surface area (Å²) in [5.41, 5.74) is 5.26. The number of nitrogens with zero attached hydrogens (tertiary/aromatic N) is 3. The van der Waals surface area contributed by atoms with E-state index in [4.69, 9.17) is 0 Å². The van der Waals surface area contributed by atoms with Gasteiger partial charge in [-0.25, -0.2) is 0 Å². The first-order chi connectivity index (χ1) is 17.6. The first-order valence-electron chi connectivity index (χ1n) is 12.7. The molecule has 1 atom stereocenters. The van der Waals surface area contributed by atoms with Gasteiger partial charge >= 0.3 is 0 Å². The minimum atomic E-state index is -0.0440. The van der Waals surface area contributed by atoms with Gasteiger partial charge in [-0.15, -0.1) is 0 Å². The van der Waals surface area contributed by atoms with Crippen molar-refractivity contribution < 1.29 is 9.59 Å². The lowest BCUT2D eigenvalue weighted by atomic mass is 10.0. The van der Waals surface area contributed by atoms with Crippen molar-refractivity contribution in [2.45, 2.75) is 38.8 Å². The number of aromatic nitrogens is 1. The number of rotatable bonds is 4. The van der Waals surface area contributed by atoms with E-state index in [2.05, 4.69) is 13.0 Å². The number of carbonyl (C=O) groups excluding carboxylic acids is 2. The average molecular weight is 476 g/mol. The third kappa shape index (κ3) is 3.81. The van der Waals surface area contributed by atoms with Crippen molar-refractivity contribution in [1.29, 1.82) is 0 Å². The van der Waals surface area contributed by atoms with Crippen LogP contribution in [0.4, 0.5) is 11.4 Å². The van der Waals surface area contributed by atoms with E-state index in [1.54, 1.807) is 4.90 Å². The number of hydrogen-bond donors (Lipinski definition) is 0. The molecule has 1 saturated heterocycles. The van der Waals surface area contributed by atoms with E-state index in [1.165, 1.54) is 6.42 Å². The third-order valence-electron chi connectivity index (χ3n) is 7.43. The van der Waals surface area contributed by atoms with Crippen LogP contribution in [0.25, 0.3) is 22.6 Å². The maximum Gasteiger partial charge on any atom is 0.263 e. The molecule has 0 radical (unpaired) electrons. The van der Waals surface area contributed by atoms with Crippen molar-refractivity contribution in [3.63, 3.8) is 0 Å². The van der Waals surface area contributed by atoms with Gasteiger partial charge in [0.15, 0.2) is 0 Å². The van der Waals surface area contributed by atoms with Gasteiger partial charge in [-0.05, 0) is 56.5 Å².